The van der Waals surface area contributed by atoms with Crippen LogP contribution >= 0.6 is 0 Å². The van der Waals surface area contributed by atoms with Crippen molar-refractivity contribution in [2.45, 2.75) is 20.4 Å². The number of amides is 1. The third-order valence-corrected chi connectivity index (χ3v) is 4.64. The van der Waals surface area contributed by atoms with E-state index in [0.29, 0.717) is 23.9 Å². The lowest BCUT2D eigenvalue weighted by atomic mass is 10.1. The summed E-state index contributed by atoms with van der Waals surface area (Å²) in [7, 11) is 1.75. The lowest BCUT2D eigenvalue weighted by Gasteiger charge is -2.15. The number of aryl methyl sites for hydroxylation is 2. The van der Waals surface area contributed by atoms with Crippen LogP contribution in [0, 0.1) is 13.8 Å². The van der Waals surface area contributed by atoms with Crippen molar-refractivity contribution in [1.82, 2.24) is 15.1 Å². The third kappa shape index (κ3) is 4.11. The molecule has 6 heteroatoms. The Kier molecular flexibility index (Phi) is 4.99. The average molecular weight is 387 g/mol. The first-order valence-electron chi connectivity index (χ1n) is 9.31. The van der Waals surface area contributed by atoms with Gasteiger partial charge in [0.1, 0.15) is 11.5 Å². The van der Waals surface area contributed by atoms with Crippen LogP contribution in [0.5, 0.6) is 0 Å². The molecule has 0 aliphatic heterocycles. The van der Waals surface area contributed by atoms with E-state index in [4.69, 9.17) is 8.83 Å². The molecule has 146 valence electrons. The maximum atomic E-state index is 12.7. The Hall–Kier alpha value is -3.67. The maximum absolute atomic E-state index is 12.7. The zero-order chi connectivity index (χ0) is 20.4. The van der Waals surface area contributed by atoms with Gasteiger partial charge >= 0.3 is 0 Å². The topological polar surface area (TPSA) is 72.4 Å². The maximum Gasteiger partial charge on any atom is 0.254 e. The van der Waals surface area contributed by atoms with Crippen molar-refractivity contribution in [2.75, 3.05) is 7.05 Å². The Bertz CT molecular complexity index is 1120. The Labute approximate surface area is 168 Å². The lowest BCUT2D eigenvalue weighted by Crippen LogP contribution is -2.25. The first kappa shape index (κ1) is 18.7. The van der Waals surface area contributed by atoms with Gasteiger partial charge in [-0.1, -0.05) is 17.7 Å². The summed E-state index contributed by atoms with van der Waals surface area (Å²) in [5.41, 5.74) is 3.38. The van der Waals surface area contributed by atoms with Crippen LogP contribution in [-0.4, -0.2) is 28.1 Å². The molecular weight excluding hydrogens is 366 g/mol. The Morgan fingerprint density at radius 3 is 1.97 bits per heavy atom. The van der Waals surface area contributed by atoms with Crippen LogP contribution < -0.4 is 0 Å². The molecule has 0 bridgehead atoms. The van der Waals surface area contributed by atoms with Gasteiger partial charge in [0, 0.05) is 23.7 Å². The van der Waals surface area contributed by atoms with Gasteiger partial charge in [-0.25, -0.2) is 0 Å². The van der Waals surface area contributed by atoms with Crippen LogP contribution in [0.15, 0.2) is 69.5 Å². The number of rotatable bonds is 5. The normalized spacial score (nSPS) is 10.9. The molecule has 29 heavy (non-hydrogen) atoms. The summed E-state index contributed by atoms with van der Waals surface area (Å²) < 4.78 is 11.3. The number of hydrogen-bond acceptors (Lipinski definition) is 5. The fraction of sp³-hybridized carbons (Fsp3) is 0.174. The molecule has 0 unspecified atom stereocenters. The van der Waals surface area contributed by atoms with E-state index < -0.39 is 0 Å². The highest BCUT2D eigenvalue weighted by Gasteiger charge is 2.15. The van der Waals surface area contributed by atoms with E-state index in [-0.39, 0.29) is 5.91 Å². The third-order valence-electron chi connectivity index (χ3n) is 4.64. The second kappa shape index (κ2) is 7.75. The molecule has 1 amide bonds. The molecule has 0 spiro atoms. The Morgan fingerprint density at radius 1 is 0.828 bits per heavy atom. The van der Waals surface area contributed by atoms with Crippen molar-refractivity contribution in [3.05, 3.63) is 83.3 Å². The minimum Gasteiger partial charge on any atom is -0.464 e. The van der Waals surface area contributed by atoms with Gasteiger partial charge in [0.2, 0.25) is 11.8 Å². The van der Waals surface area contributed by atoms with Crippen molar-refractivity contribution < 1.29 is 13.6 Å². The van der Waals surface area contributed by atoms with Crippen molar-refractivity contribution >= 4 is 5.91 Å². The fourth-order valence-electron chi connectivity index (χ4n) is 3.00. The van der Waals surface area contributed by atoms with Crippen LogP contribution in [0.2, 0.25) is 0 Å². The van der Waals surface area contributed by atoms with Crippen LogP contribution in [0.3, 0.4) is 0 Å². The minimum atomic E-state index is -0.0866. The largest absolute Gasteiger partial charge is 0.464 e. The fourth-order valence-corrected chi connectivity index (χ4v) is 3.00. The Morgan fingerprint density at radius 2 is 1.41 bits per heavy atom. The van der Waals surface area contributed by atoms with Gasteiger partial charge in [-0.05, 0) is 62.4 Å². The van der Waals surface area contributed by atoms with Crippen LogP contribution in [0.25, 0.3) is 22.9 Å². The van der Waals surface area contributed by atoms with E-state index in [0.717, 1.165) is 22.6 Å². The van der Waals surface area contributed by atoms with Gasteiger partial charge in [-0.2, -0.15) is 0 Å². The van der Waals surface area contributed by atoms with Crippen molar-refractivity contribution in [2.24, 2.45) is 0 Å². The second-order valence-electron chi connectivity index (χ2n) is 7.03. The number of aromatic nitrogens is 2. The van der Waals surface area contributed by atoms with E-state index in [9.17, 15) is 4.79 Å². The van der Waals surface area contributed by atoms with Gasteiger partial charge in [0.25, 0.3) is 5.91 Å². The SMILES string of the molecule is Cc1ccc(-c2nnc(-c3ccc(C(=O)N(C)Cc4ccc(C)o4)cc3)o2)cc1. The first-order valence-corrected chi connectivity index (χ1v) is 9.31. The van der Waals surface area contributed by atoms with E-state index in [1.165, 1.54) is 5.56 Å². The number of nitrogens with zero attached hydrogens (tertiary/aromatic N) is 3. The molecule has 0 N–H and O–H groups in total. The average Bonchev–Trinajstić information content (AvgIpc) is 3.37. The molecule has 2 aromatic carbocycles. The number of carbonyl (C=O) groups excluding carboxylic acids is 1. The van der Waals surface area contributed by atoms with Crippen molar-refractivity contribution in [3.63, 3.8) is 0 Å². The molecule has 0 saturated heterocycles. The summed E-state index contributed by atoms with van der Waals surface area (Å²) in [6.07, 6.45) is 0. The standard InChI is InChI=1S/C23H21N3O3/c1-15-4-7-17(8-5-15)21-24-25-22(29-21)18-9-11-19(12-10-18)23(27)26(3)14-20-13-6-16(2)28-20/h4-13H,14H2,1-3H3. The minimum absolute atomic E-state index is 0.0866. The van der Waals surface area contributed by atoms with E-state index in [1.807, 2.05) is 62.4 Å². The molecule has 0 aliphatic rings. The van der Waals surface area contributed by atoms with E-state index >= 15 is 0 Å². The summed E-state index contributed by atoms with van der Waals surface area (Å²) in [4.78, 5) is 14.3. The molecule has 0 fully saturated rings. The molecule has 6 nitrogen and oxygen atoms in total. The van der Waals surface area contributed by atoms with Crippen LogP contribution in [-0.2, 0) is 6.54 Å². The first-order chi connectivity index (χ1) is 14.0. The highest BCUT2D eigenvalue weighted by Crippen LogP contribution is 2.24. The van der Waals surface area contributed by atoms with E-state index in [1.54, 1.807) is 24.1 Å². The molecule has 4 rings (SSSR count). The van der Waals surface area contributed by atoms with Crippen LogP contribution in [0.1, 0.15) is 27.4 Å². The molecule has 0 saturated carbocycles. The lowest BCUT2D eigenvalue weighted by molar-refractivity contribution is 0.0775. The Balaban J connectivity index is 1.47. The van der Waals surface area contributed by atoms with Crippen molar-refractivity contribution in [3.8, 4) is 22.9 Å². The van der Waals surface area contributed by atoms with E-state index in [2.05, 4.69) is 10.2 Å². The number of carbonyl (C=O) groups is 1. The summed E-state index contributed by atoms with van der Waals surface area (Å²) in [5, 5.41) is 8.25. The predicted octanol–water partition coefficient (Wildman–Crippen LogP) is 4.89. The second-order valence-corrected chi connectivity index (χ2v) is 7.03. The number of furan rings is 1. The molecule has 0 atom stereocenters. The number of hydrogen-bond donors (Lipinski definition) is 0. The molecule has 4 aromatic rings. The summed E-state index contributed by atoms with van der Waals surface area (Å²) in [6.45, 7) is 4.32. The van der Waals surface area contributed by atoms with Gasteiger partial charge < -0.3 is 13.7 Å². The molecule has 2 heterocycles. The van der Waals surface area contributed by atoms with Crippen LogP contribution in [0.4, 0.5) is 0 Å². The van der Waals surface area contributed by atoms with Crippen molar-refractivity contribution in [1.29, 1.82) is 0 Å². The number of benzene rings is 2. The summed E-state index contributed by atoms with van der Waals surface area (Å²) >= 11 is 0. The molecular formula is C23H21N3O3. The van der Waals surface area contributed by atoms with Gasteiger partial charge in [0.15, 0.2) is 0 Å². The summed E-state index contributed by atoms with van der Waals surface area (Å²) in [6, 6.07) is 18.8. The molecule has 0 radical (unpaired) electrons. The monoisotopic (exact) mass is 387 g/mol. The molecule has 2 aromatic heterocycles. The predicted molar refractivity (Wildman–Crippen MR) is 109 cm³/mol. The quantitative estimate of drug-likeness (QED) is 0.488. The van der Waals surface area contributed by atoms with Gasteiger partial charge in [-0.15, -0.1) is 10.2 Å². The van der Waals surface area contributed by atoms with Gasteiger partial charge in [-0.3, -0.25) is 4.79 Å². The smallest absolute Gasteiger partial charge is 0.254 e. The zero-order valence-corrected chi connectivity index (χ0v) is 16.5. The highest BCUT2D eigenvalue weighted by molar-refractivity contribution is 5.94. The van der Waals surface area contributed by atoms with Gasteiger partial charge in [0.05, 0.1) is 6.54 Å². The molecule has 0 aliphatic carbocycles. The summed E-state index contributed by atoms with van der Waals surface area (Å²) in [5.74, 6) is 2.38. The highest BCUT2D eigenvalue weighted by atomic mass is 16.4. The zero-order valence-electron chi connectivity index (χ0n) is 16.5.